The van der Waals surface area contributed by atoms with Gasteiger partial charge in [0.15, 0.2) is 5.82 Å². The van der Waals surface area contributed by atoms with Crippen molar-refractivity contribution in [1.29, 1.82) is 0 Å². The molecule has 1 N–H and O–H groups in total. The molecule has 1 aromatic carbocycles. The first-order chi connectivity index (χ1) is 13.0. The summed E-state index contributed by atoms with van der Waals surface area (Å²) < 4.78 is 8.82. The van der Waals surface area contributed by atoms with E-state index in [1.54, 1.807) is 36.9 Å². The van der Waals surface area contributed by atoms with Crippen LogP contribution in [0.2, 0.25) is 0 Å². The lowest BCUT2D eigenvalue weighted by molar-refractivity contribution is 0.102. The lowest BCUT2D eigenvalue weighted by Crippen LogP contribution is -2.15. The number of nitrogens with one attached hydrogen (secondary N) is 1. The van der Waals surface area contributed by atoms with Crippen molar-refractivity contribution in [2.24, 2.45) is 0 Å². The molecule has 0 saturated carbocycles. The van der Waals surface area contributed by atoms with Crippen molar-refractivity contribution >= 4 is 11.6 Å². The van der Waals surface area contributed by atoms with Crippen LogP contribution in [-0.4, -0.2) is 43.0 Å². The van der Waals surface area contributed by atoms with Crippen molar-refractivity contribution < 1.29 is 9.53 Å². The largest absolute Gasteiger partial charge is 0.494 e. The summed E-state index contributed by atoms with van der Waals surface area (Å²) in [5.74, 6) is 1.02. The van der Waals surface area contributed by atoms with E-state index in [-0.39, 0.29) is 5.91 Å². The molecule has 0 atom stereocenters. The average molecular weight is 369 g/mol. The number of hydrogen-bond donors (Lipinski definition) is 1. The van der Waals surface area contributed by atoms with Crippen LogP contribution < -0.4 is 10.1 Å². The van der Waals surface area contributed by atoms with E-state index in [1.165, 1.54) is 0 Å². The Morgan fingerprint density at radius 2 is 2.04 bits per heavy atom. The number of hydrogen-bond acceptors (Lipinski definition) is 6. The first-order valence-electron chi connectivity index (χ1n) is 8.75. The molecule has 3 rings (SSSR count). The van der Waals surface area contributed by atoms with E-state index in [2.05, 4.69) is 32.9 Å². The number of amides is 1. The number of carbonyl (C=O) groups excluding carboxylic acids is 1. The van der Waals surface area contributed by atoms with Gasteiger partial charge in [-0.05, 0) is 55.8 Å². The zero-order valence-electron chi connectivity index (χ0n) is 16.1. The fourth-order valence-electron chi connectivity index (χ4n) is 3.04. The second-order valence-electron chi connectivity index (χ2n) is 6.25. The molecule has 0 fully saturated rings. The van der Waals surface area contributed by atoms with Gasteiger partial charge in [-0.3, -0.25) is 9.48 Å². The van der Waals surface area contributed by atoms with E-state index in [9.17, 15) is 4.79 Å². The fourth-order valence-corrected chi connectivity index (χ4v) is 3.04. The van der Waals surface area contributed by atoms with E-state index >= 15 is 0 Å². The molecule has 0 bridgehead atoms. The molecule has 1 amide bonds. The Balaban J connectivity index is 1.93. The lowest BCUT2D eigenvalue weighted by atomic mass is 10.1. The van der Waals surface area contributed by atoms with E-state index in [1.807, 2.05) is 18.5 Å². The maximum atomic E-state index is 12.8. The third kappa shape index (κ3) is 3.53. The summed E-state index contributed by atoms with van der Waals surface area (Å²) in [4.78, 5) is 12.8. The molecule has 142 valence electrons. The quantitative estimate of drug-likeness (QED) is 0.716. The Bertz CT molecular complexity index is 974. The summed E-state index contributed by atoms with van der Waals surface area (Å²) in [6, 6.07) is 5.33. The first kappa shape index (κ1) is 18.6. The van der Waals surface area contributed by atoms with Gasteiger partial charge in [0, 0.05) is 17.9 Å². The van der Waals surface area contributed by atoms with Crippen molar-refractivity contribution in [3.8, 4) is 11.4 Å². The van der Waals surface area contributed by atoms with Crippen LogP contribution in [0, 0.1) is 20.8 Å². The standard InChI is InChI=1S/C18H23N7O2/c1-6-9-24-12(3)17(11(2)21-24)18(26)19-14-7-8-16(27-5)15(10-14)25-13(4)20-22-23-25/h7-8,10H,6,9H2,1-5H3,(H,19,26). The Labute approximate surface area is 157 Å². The van der Waals surface area contributed by atoms with E-state index in [0.717, 1.165) is 18.7 Å². The van der Waals surface area contributed by atoms with Crippen LogP contribution in [0.5, 0.6) is 5.75 Å². The molecule has 9 nitrogen and oxygen atoms in total. The molecule has 0 aliphatic rings. The molecule has 0 radical (unpaired) electrons. The van der Waals surface area contributed by atoms with Crippen LogP contribution in [0.25, 0.3) is 5.69 Å². The van der Waals surface area contributed by atoms with Gasteiger partial charge in [-0.1, -0.05) is 6.92 Å². The summed E-state index contributed by atoms with van der Waals surface area (Å²) in [7, 11) is 1.58. The van der Waals surface area contributed by atoms with Gasteiger partial charge in [0.25, 0.3) is 5.91 Å². The van der Waals surface area contributed by atoms with Crippen molar-refractivity contribution in [3.63, 3.8) is 0 Å². The Morgan fingerprint density at radius 1 is 1.26 bits per heavy atom. The number of nitrogens with zero attached hydrogens (tertiary/aromatic N) is 6. The lowest BCUT2D eigenvalue weighted by Gasteiger charge is -2.12. The third-order valence-electron chi connectivity index (χ3n) is 4.33. The molecule has 0 saturated heterocycles. The number of rotatable bonds is 6. The van der Waals surface area contributed by atoms with Crippen molar-refractivity contribution in [2.45, 2.75) is 40.7 Å². The van der Waals surface area contributed by atoms with Gasteiger partial charge in [-0.2, -0.15) is 9.78 Å². The van der Waals surface area contributed by atoms with Crippen LogP contribution >= 0.6 is 0 Å². The van der Waals surface area contributed by atoms with Crippen LogP contribution in [0.3, 0.4) is 0 Å². The van der Waals surface area contributed by atoms with Gasteiger partial charge in [0.2, 0.25) is 0 Å². The monoisotopic (exact) mass is 369 g/mol. The average Bonchev–Trinajstić information content (AvgIpc) is 3.18. The summed E-state index contributed by atoms with van der Waals surface area (Å²) >= 11 is 0. The summed E-state index contributed by atoms with van der Waals surface area (Å²) in [6.45, 7) is 8.41. The Morgan fingerprint density at radius 3 is 2.67 bits per heavy atom. The number of ether oxygens (including phenoxy) is 1. The van der Waals surface area contributed by atoms with Crippen LogP contribution in [0.4, 0.5) is 5.69 Å². The molecule has 9 heteroatoms. The number of aryl methyl sites for hydroxylation is 3. The second-order valence-corrected chi connectivity index (χ2v) is 6.25. The molecule has 0 spiro atoms. The molecular weight excluding hydrogens is 346 g/mol. The molecule has 0 aliphatic carbocycles. The van der Waals surface area contributed by atoms with Gasteiger partial charge in [0.1, 0.15) is 11.4 Å². The van der Waals surface area contributed by atoms with Crippen LogP contribution in [-0.2, 0) is 6.54 Å². The molecule has 3 aromatic rings. The molecule has 2 aromatic heterocycles. The van der Waals surface area contributed by atoms with Crippen LogP contribution in [0.1, 0.15) is 40.9 Å². The zero-order valence-corrected chi connectivity index (χ0v) is 16.1. The van der Waals surface area contributed by atoms with Crippen molar-refractivity contribution in [3.05, 3.63) is 41.0 Å². The van der Waals surface area contributed by atoms with E-state index < -0.39 is 0 Å². The summed E-state index contributed by atoms with van der Waals surface area (Å²) in [5, 5.41) is 18.9. The maximum absolute atomic E-state index is 12.8. The highest BCUT2D eigenvalue weighted by Gasteiger charge is 2.19. The number of benzene rings is 1. The van der Waals surface area contributed by atoms with Gasteiger partial charge in [-0.15, -0.1) is 5.10 Å². The van der Waals surface area contributed by atoms with E-state index in [0.29, 0.717) is 34.2 Å². The second kappa shape index (κ2) is 7.56. The van der Waals surface area contributed by atoms with Crippen molar-refractivity contribution in [2.75, 3.05) is 12.4 Å². The SMILES string of the molecule is CCCn1nc(C)c(C(=O)Nc2ccc(OC)c(-n3nnnc3C)c2)c1C. The maximum Gasteiger partial charge on any atom is 0.259 e. The molecular formula is C18H23N7O2. The molecule has 0 aliphatic heterocycles. The summed E-state index contributed by atoms with van der Waals surface area (Å²) in [5.41, 5.74) is 3.43. The molecule has 0 unspecified atom stereocenters. The third-order valence-corrected chi connectivity index (χ3v) is 4.33. The Kier molecular flexibility index (Phi) is 5.20. The van der Waals surface area contributed by atoms with Crippen molar-refractivity contribution in [1.82, 2.24) is 30.0 Å². The topological polar surface area (TPSA) is 99.8 Å². The number of carbonyl (C=O) groups is 1. The highest BCUT2D eigenvalue weighted by molar-refractivity contribution is 6.06. The number of aromatic nitrogens is 6. The Hall–Kier alpha value is -3.23. The fraction of sp³-hybridized carbons (Fsp3) is 0.389. The summed E-state index contributed by atoms with van der Waals surface area (Å²) in [6.07, 6.45) is 0.955. The van der Waals surface area contributed by atoms with Gasteiger partial charge in [0.05, 0.1) is 18.4 Å². The van der Waals surface area contributed by atoms with E-state index in [4.69, 9.17) is 4.74 Å². The van der Waals surface area contributed by atoms with Gasteiger partial charge >= 0.3 is 0 Å². The molecule has 2 heterocycles. The van der Waals surface area contributed by atoms with Gasteiger partial charge < -0.3 is 10.1 Å². The number of methoxy groups -OCH3 is 1. The minimum absolute atomic E-state index is 0.197. The first-order valence-corrected chi connectivity index (χ1v) is 8.75. The normalized spacial score (nSPS) is 10.9. The minimum Gasteiger partial charge on any atom is -0.494 e. The predicted molar refractivity (Wildman–Crippen MR) is 100 cm³/mol. The minimum atomic E-state index is -0.197. The number of tetrazole rings is 1. The van der Waals surface area contributed by atoms with Crippen LogP contribution in [0.15, 0.2) is 18.2 Å². The highest BCUT2D eigenvalue weighted by Crippen LogP contribution is 2.27. The number of anilines is 1. The molecule has 27 heavy (non-hydrogen) atoms. The smallest absolute Gasteiger partial charge is 0.259 e. The predicted octanol–water partition coefficient (Wildman–Crippen LogP) is 2.45. The highest BCUT2D eigenvalue weighted by atomic mass is 16.5. The zero-order chi connectivity index (χ0) is 19.6. The van der Waals surface area contributed by atoms with Gasteiger partial charge in [-0.25, -0.2) is 0 Å².